The summed E-state index contributed by atoms with van der Waals surface area (Å²) in [6, 6.07) is 4.57. The minimum atomic E-state index is -0.355. The molecule has 2 aromatic rings. The van der Waals surface area contributed by atoms with Gasteiger partial charge in [-0.3, -0.25) is 0 Å². The van der Waals surface area contributed by atoms with Crippen LogP contribution in [0.4, 0.5) is 4.39 Å². The summed E-state index contributed by atoms with van der Waals surface area (Å²) in [6.07, 6.45) is 1.11. The lowest BCUT2D eigenvalue weighted by Gasteiger charge is -2.07. The van der Waals surface area contributed by atoms with Crippen molar-refractivity contribution in [1.82, 2.24) is 15.5 Å². The van der Waals surface area contributed by atoms with E-state index in [9.17, 15) is 4.39 Å². The van der Waals surface area contributed by atoms with E-state index in [-0.39, 0.29) is 11.9 Å². The van der Waals surface area contributed by atoms with Crippen LogP contribution in [0.15, 0.2) is 22.7 Å². The first-order valence-corrected chi connectivity index (χ1v) is 6.95. The molecule has 2 rings (SSSR count). The van der Waals surface area contributed by atoms with Gasteiger partial charge in [-0.2, -0.15) is 4.98 Å². The molecule has 0 spiro atoms. The van der Waals surface area contributed by atoms with Crippen molar-refractivity contribution >= 4 is 11.6 Å². The Morgan fingerprint density at radius 3 is 2.95 bits per heavy atom. The number of nitrogens with one attached hydrogen (secondary N) is 1. The number of rotatable bonds is 6. The maximum atomic E-state index is 13.0. The van der Waals surface area contributed by atoms with Gasteiger partial charge in [-0.15, -0.1) is 0 Å². The van der Waals surface area contributed by atoms with Crippen LogP contribution in [0, 0.1) is 5.82 Å². The van der Waals surface area contributed by atoms with Crippen LogP contribution in [0.5, 0.6) is 0 Å². The van der Waals surface area contributed by atoms with Gasteiger partial charge in [0, 0.05) is 23.9 Å². The van der Waals surface area contributed by atoms with Crippen molar-refractivity contribution in [2.24, 2.45) is 0 Å². The number of likely N-dealkylation sites (N-methyl/N-ethyl adjacent to an activating group) is 1. The van der Waals surface area contributed by atoms with Gasteiger partial charge in [-0.05, 0) is 31.2 Å². The second-order valence-corrected chi connectivity index (χ2v) is 5.09. The summed E-state index contributed by atoms with van der Waals surface area (Å²) in [4.78, 5) is 4.32. The predicted octanol–water partition coefficient (Wildman–Crippen LogP) is 2.99. The fourth-order valence-electron chi connectivity index (χ4n) is 1.96. The molecule has 1 heterocycles. The highest BCUT2D eigenvalue weighted by Gasteiger charge is 2.12. The second kappa shape index (κ2) is 6.81. The number of hydrogen-bond acceptors (Lipinski definition) is 4. The zero-order chi connectivity index (χ0) is 14.5. The molecule has 1 N–H and O–H groups in total. The summed E-state index contributed by atoms with van der Waals surface area (Å²) >= 11 is 5.98. The molecule has 0 radical (unpaired) electrons. The van der Waals surface area contributed by atoms with Crippen LogP contribution >= 0.6 is 11.6 Å². The fraction of sp³-hybridized carbons (Fsp3) is 0.429. The van der Waals surface area contributed by atoms with Crippen LogP contribution in [0.1, 0.15) is 31.1 Å². The van der Waals surface area contributed by atoms with Crippen LogP contribution in [-0.4, -0.2) is 22.7 Å². The van der Waals surface area contributed by atoms with Gasteiger partial charge in [0.05, 0.1) is 0 Å². The molecule has 20 heavy (non-hydrogen) atoms. The maximum Gasteiger partial charge on any atom is 0.228 e. The largest absolute Gasteiger partial charge is 0.339 e. The molecular formula is C14H17ClFN3O. The van der Waals surface area contributed by atoms with E-state index in [1.807, 2.05) is 6.92 Å². The third-order valence-corrected chi connectivity index (χ3v) is 3.26. The molecule has 0 fully saturated rings. The van der Waals surface area contributed by atoms with E-state index in [0.717, 1.165) is 12.1 Å². The average molecular weight is 298 g/mol. The second-order valence-electron chi connectivity index (χ2n) is 4.68. The lowest BCUT2D eigenvalue weighted by atomic mass is 10.1. The molecule has 0 aliphatic rings. The monoisotopic (exact) mass is 297 g/mol. The Bertz CT molecular complexity index is 573. The highest BCUT2D eigenvalue weighted by molar-refractivity contribution is 6.31. The van der Waals surface area contributed by atoms with Crippen molar-refractivity contribution in [1.29, 1.82) is 0 Å². The van der Waals surface area contributed by atoms with Gasteiger partial charge in [0.2, 0.25) is 5.89 Å². The molecular weight excluding hydrogens is 281 g/mol. The molecule has 6 heteroatoms. The van der Waals surface area contributed by atoms with Gasteiger partial charge in [0.15, 0.2) is 5.82 Å². The van der Waals surface area contributed by atoms with Gasteiger partial charge in [-0.1, -0.05) is 29.7 Å². The molecule has 108 valence electrons. The van der Waals surface area contributed by atoms with E-state index in [4.69, 9.17) is 16.1 Å². The number of aromatic nitrogens is 2. The van der Waals surface area contributed by atoms with Crippen molar-refractivity contribution in [3.05, 3.63) is 46.3 Å². The molecule has 0 saturated heterocycles. The number of halogens is 2. The van der Waals surface area contributed by atoms with Gasteiger partial charge < -0.3 is 9.84 Å². The Kier molecular flexibility index (Phi) is 5.09. The first kappa shape index (κ1) is 14.9. The topological polar surface area (TPSA) is 51.0 Å². The molecule has 0 aliphatic heterocycles. The first-order valence-electron chi connectivity index (χ1n) is 6.57. The third-order valence-electron chi connectivity index (χ3n) is 2.91. The fourth-order valence-corrected chi connectivity index (χ4v) is 2.20. The quantitative estimate of drug-likeness (QED) is 0.890. The first-order chi connectivity index (χ1) is 9.58. The highest BCUT2D eigenvalue weighted by atomic mass is 35.5. The van der Waals surface area contributed by atoms with Crippen LogP contribution in [0.25, 0.3) is 0 Å². The SMILES string of the molecule is CCNC(C)Cc1nc(Cc2ccc(F)cc2Cl)no1. The Morgan fingerprint density at radius 1 is 1.45 bits per heavy atom. The molecule has 4 nitrogen and oxygen atoms in total. The van der Waals surface area contributed by atoms with E-state index in [1.165, 1.54) is 12.1 Å². The van der Waals surface area contributed by atoms with E-state index in [1.54, 1.807) is 6.07 Å². The molecule has 0 bridgehead atoms. The third kappa shape index (κ3) is 4.02. The number of benzene rings is 1. The molecule has 0 aliphatic carbocycles. The van der Waals surface area contributed by atoms with E-state index < -0.39 is 0 Å². The zero-order valence-corrected chi connectivity index (χ0v) is 12.2. The van der Waals surface area contributed by atoms with Crippen LogP contribution < -0.4 is 5.32 Å². The van der Waals surface area contributed by atoms with Gasteiger partial charge in [0.25, 0.3) is 0 Å². The Hall–Kier alpha value is -1.46. The predicted molar refractivity (Wildman–Crippen MR) is 75.4 cm³/mol. The zero-order valence-electron chi connectivity index (χ0n) is 11.5. The van der Waals surface area contributed by atoms with Gasteiger partial charge in [-0.25, -0.2) is 4.39 Å². The summed E-state index contributed by atoms with van der Waals surface area (Å²) in [7, 11) is 0. The van der Waals surface area contributed by atoms with E-state index in [0.29, 0.717) is 29.6 Å². The normalized spacial score (nSPS) is 12.6. The van der Waals surface area contributed by atoms with Crippen molar-refractivity contribution in [3.8, 4) is 0 Å². The number of nitrogens with zero attached hydrogens (tertiary/aromatic N) is 2. The summed E-state index contributed by atoms with van der Waals surface area (Å²) in [5, 5.41) is 7.57. The summed E-state index contributed by atoms with van der Waals surface area (Å²) in [5.74, 6) is 0.788. The molecule has 1 atom stereocenters. The van der Waals surface area contributed by atoms with E-state index in [2.05, 4.69) is 22.4 Å². The summed E-state index contributed by atoms with van der Waals surface area (Å²) in [5.41, 5.74) is 0.778. The minimum Gasteiger partial charge on any atom is -0.339 e. The molecule has 0 saturated carbocycles. The average Bonchev–Trinajstić information content (AvgIpc) is 2.80. The van der Waals surface area contributed by atoms with E-state index >= 15 is 0 Å². The highest BCUT2D eigenvalue weighted by Crippen LogP contribution is 2.19. The number of hydrogen-bond donors (Lipinski definition) is 1. The Morgan fingerprint density at radius 2 is 2.25 bits per heavy atom. The molecule has 1 aromatic heterocycles. The molecule has 0 amide bonds. The molecule has 1 unspecified atom stereocenters. The van der Waals surface area contributed by atoms with Crippen molar-refractivity contribution < 1.29 is 8.91 Å². The smallest absolute Gasteiger partial charge is 0.228 e. The van der Waals surface area contributed by atoms with Crippen molar-refractivity contribution in [2.75, 3.05) is 6.54 Å². The Balaban J connectivity index is 2.02. The maximum absolute atomic E-state index is 13.0. The van der Waals surface area contributed by atoms with Crippen molar-refractivity contribution in [3.63, 3.8) is 0 Å². The minimum absolute atomic E-state index is 0.280. The molecule has 1 aromatic carbocycles. The summed E-state index contributed by atoms with van der Waals surface area (Å²) in [6.45, 7) is 5.00. The standard InChI is InChI=1S/C14H17ClFN3O/c1-3-17-9(2)6-14-18-13(19-20-14)7-10-4-5-11(16)8-12(10)15/h4-5,8-9,17H,3,6-7H2,1-2H3. The van der Waals surface area contributed by atoms with Crippen LogP contribution in [0.3, 0.4) is 0 Å². The van der Waals surface area contributed by atoms with Crippen LogP contribution in [0.2, 0.25) is 5.02 Å². The summed E-state index contributed by atoms with van der Waals surface area (Å²) < 4.78 is 18.2. The van der Waals surface area contributed by atoms with Crippen molar-refractivity contribution in [2.45, 2.75) is 32.7 Å². The van der Waals surface area contributed by atoms with Crippen LogP contribution in [-0.2, 0) is 12.8 Å². The lowest BCUT2D eigenvalue weighted by molar-refractivity contribution is 0.359. The lowest BCUT2D eigenvalue weighted by Crippen LogP contribution is -2.27. The Labute approximate surface area is 122 Å². The van der Waals surface area contributed by atoms with Gasteiger partial charge in [0.1, 0.15) is 5.82 Å². The van der Waals surface area contributed by atoms with Gasteiger partial charge >= 0.3 is 0 Å².